The van der Waals surface area contributed by atoms with Gasteiger partial charge in [-0.1, -0.05) is 23.7 Å². The molecule has 2 aromatic heterocycles. The summed E-state index contributed by atoms with van der Waals surface area (Å²) >= 11 is 7.31. The number of urea groups is 1. The van der Waals surface area contributed by atoms with Crippen LogP contribution in [-0.4, -0.2) is 31.6 Å². The number of nitrogens with one attached hydrogen (secondary N) is 1. The van der Waals surface area contributed by atoms with E-state index in [-0.39, 0.29) is 12.5 Å². The average Bonchev–Trinajstić information content (AvgIpc) is 3.32. The van der Waals surface area contributed by atoms with Crippen LogP contribution in [0.2, 0.25) is 5.02 Å². The zero-order valence-corrected chi connectivity index (χ0v) is 15.3. The normalized spacial score (nSPS) is 17.0. The molecule has 9 heteroatoms. The smallest absolute Gasteiger partial charge is 0.320 e. The van der Waals surface area contributed by atoms with Crippen molar-refractivity contribution < 1.29 is 9.59 Å². The summed E-state index contributed by atoms with van der Waals surface area (Å²) in [6.45, 7) is 0.131. The molecular formula is C17H14ClN5O2S. The summed E-state index contributed by atoms with van der Waals surface area (Å²) in [4.78, 5) is 30.5. The third kappa shape index (κ3) is 3.09. The molecule has 1 aromatic carbocycles. The zero-order chi connectivity index (χ0) is 18.3. The Morgan fingerprint density at radius 2 is 2.00 bits per heavy atom. The van der Waals surface area contributed by atoms with E-state index in [2.05, 4.69) is 15.4 Å². The number of hydrogen-bond acceptors (Lipinski definition) is 5. The maximum absolute atomic E-state index is 12.6. The molecule has 1 fully saturated rings. The van der Waals surface area contributed by atoms with E-state index in [4.69, 9.17) is 11.6 Å². The van der Waals surface area contributed by atoms with Gasteiger partial charge in [0.15, 0.2) is 6.04 Å². The Balaban J connectivity index is 1.51. The first-order valence-corrected chi connectivity index (χ1v) is 9.09. The lowest BCUT2D eigenvalue weighted by atomic mass is 10.2. The monoisotopic (exact) mass is 387 g/mol. The van der Waals surface area contributed by atoms with Crippen LogP contribution < -0.4 is 5.32 Å². The van der Waals surface area contributed by atoms with Gasteiger partial charge < -0.3 is 5.32 Å². The second kappa shape index (κ2) is 6.54. The summed E-state index contributed by atoms with van der Waals surface area (Å²) in [5.74, 6) is -0.322. The Morgan fingerprint density at radius 3 is 2.69 bits per heavy atom. The maximum atomic E-state index is 12.6. The molecule has 4 rings (SSSR count). The number of imide groups is 1. The van der Waals surface area contributed by atoms with Gasteiger partial charge in [-0.05, 0) is 18.2 Å². The molecule has 1 saturated heterocycles. The van der Waals surface area contributed by atoms with Gasteiger partial charge >= 0.3 is 6.03 Å². The van der Waals surface area contributed by atoms with Gasteiger partial charge in [0, 0.05) is 29.2 Å². The summed E-state index contributed by atoms with van der Waals surface area (Å²) in [5, 5.41) is 10.1. The molecule has 132 valence electrons. The number of rotatable bonds is 4. The number of aromatic nitrogens is 3. The average molecular weight is 388 g/mol. The van der Waals surface area contributed by atoms with Crippen LogP contribution in [0.4, 0.5) is 4.79 Å². The molecule has 3 heterocycles. The highest BCUT2D eigenvalue weighted by Gasteiger charge is 2.40. The maximum Gasteiger partial charge on any atom is 0.325 e. The summed E-state index contributed by atoms with van der Waals surface area (Å²) in [6.07, 6.45) is 1.73. The number of carbonyl (C=O) groups is 2. The van der Waals surface area contributed by atoms with Crippen molar-refractivity contribution in [3.63, 3.8) is 0 Å². The minimum atomic E-state index is -0.751. The van der Waals surface area contributed by atoms with E-state index in [9.17, 15) is 9.59 Å². The van der Waals surface area contributed by atoms with Gasteiger partial charge in [-0.25, -0.2) is 9.78 Å². The van der Waals surface area contributed by atoms with Crippen LogP contribution in [0.3, 0.4) is 0 Å². The highest BCUT2D eigenvalue weighted by molar-refractivity contribution is 7.09. The first-order chi connectivity index (χ1) is 12.5. The van der Waals surface area contributed by atoms with Crippen LogP contribution in [0.1, 0.15) is 16.7 Å². The van der Waals surface area contributed by atoms with Gasteiger partial charge in [0.1, 0.15) is 5.01 Å². The first kappa shape index (κ1) is 16.7. The van der Waals surface area contributed by atoms with E-state index in [1.54, 1.807) is 36.1 Å². The summed E-state index contributed by atoms with van der Waals surface area (Å²) in [7, 11) is 1.76. The van der Waals surface area contributed by atoms with Crippen molar-refractivity contribution in [2.24, 2.45) is 7.05 Å². The lowest BCUT2D eigenvalue weighted by Crippen LogP contribution is -2.30. The highest BCUT2D eigenvalue weighted by Crippen LogP contribution is 2.26. The lowest BCUT2D eigenvalue weighted by molar-refractivity contribution is -0.128. The summed E-state index contributed by atoms with van der Waals surface area (Å²) in [6, 6.07) is 7.88. The molecule has 0 bridgehead atoms. The predicted octanol–water partition coefficient (Wildman–Crippen LogP) is 2.99. The second-order valence-corrected chi connectivity index (χ2v) is 7.23. The van der Waals surface area contributed by atoms with Gasteiger partial charge in [-0.2, -0.15) is 5.10 Å². The minimum absolute atomic E-state index is 0.131. The van der Waals surface area contributed by atoms with Crippen LogP contribution in [0.5, 0.6) is 0 Å². The lowest BCUT2D eigenvalue weighted by Gasteiger charge is -2.10. The van der Waals surface area contributed by atoms with Crippen molar-refractivity contribution >= 4 is 34.9 Å². The molecule has 0 radical (unpaired) electrons. The fraction of sp³-hybridized carbons (Fsp3) is 0.176. The summed E-state index contributed by atoms with van der Waals surface area (Å²) in [5.41, 5.74) is 2.24. The molecule has 7 nitrogen and oxygen atoms in total. The van der Waals surface area contributed by atoms with Gasteiger partial charge in [-0.15, -0.1) is 11.3 Å². The Labute approximate surface area is 158 Å². The quantitative estimate of drug-likeness (QED) is 0.698. The molecule has 26 heavy (non-hydrogen) atoms. The molecule has 0 unspecified atom stereocenters. The third-order valence-corrected chi connectivity index (χ3v) is 5.13. The van der Waals surface area contributed by atoms with Crippen molar-refractivity contribution in [2.75, 3.05) is 0 Å². The van der Waals surface area contributed by atoms with Crippen LogP contribution in [-0.2, 0) is 18.4 Å². The van der Waals surface area contributed by atoms with E-state index in [0.29, 0.717) is 15.7 Å². The van der Waals surface area contributed by atoms with Crippen LogP contribution in [0.15, 0.2) is 41.9 Å². The van der Waals surface area contributed by atoms with Gasteiger partial charge in [0.05, 0.1) is 17.9 Å². The van der Waals surface area contributed by atoms with Crippen molar-refractivity contribution in [3.05, 3.63) is 57.6 Å². The molecule has 1 N–H and O–H groups in total. The number of aryl methyl sites for hydroxylation is 1. The zero-order valence-electron chi connectivity index (χ0n) is 13.7. The number of halogens is 1. The van der Waals surface area contributed by atoms with Crippen molar-refractivity contribution in [1.82, 2.24) is 25.0 Å². The van der Waals surface area contributed by atoms with Crippen LogP contribution in [0, 0.1) is 0 Å². The number of nitrogens with zero attached hydrogens (tertiary/aromatic N) is 4. The van der Waals surface area contributed by atoms with Gasteiger partial charge in [-0.3, -0.25) is 14.4 Å². The SMILES string of the molecule is Cn1ccc([C@@H]2NC(=O)N(Cc3nc(-c4ccc(Cl)cc4)cs3)C2=O)n1. The Kier molecular flexibility index (Phi) is 4.21. The Bertz CT molecular complexity index is 981. The molecule has 1 aliphatic rings. The fourth-order valence-electron chi connectivity index (χ4n) is 2.73. The molecular weight excluding hydrogens is 374 g/mol. The Hall–Kier alpha value is -2.71. The van der Waals surface area contributed by atoms with E-state index in [1.807, 2.05) is 17.5 Å². The van der Waals surface area contributed by atoms with E-state index in [1.165, 1.54) is 16.2 Å². The van der Waals surface area contributed by atoms with Crippen LogP contribution >= 0.6 is 22.9 Å². The number of thiazole rings is 1. The highest BCUT2D eigenvalue weighted by atomic mass is 35.5. The molecule has 1 aliphatic heterocycles. The standard InChI is InChI=1S/C17H14ClN5O2S/c1-22-7-6-12(21-22)15-16(24)23(17(25)20-15)8-14-19-13(9-26-14)10-2-4-11(18)5-3-10/h2-7,9,15H,8H2,1H3,(H,20,25)/t15-/m0/s1. The molecule has 0 spiro atoms. The molecule has 0 aliphatic carbocycles. The first-order valence-electron chi connectivity index (χ1n) is 7.83. The number of amides is 3. The van der Waals surface area contributed by atoms with Crippen molar-refractivity contribution in [1.29, 1.82) is 0 Å². The van der Waals surface area contributed by atoms with E-state index < -0.39 is 12.1 Å². The molecule has 1 atom stereocenters. The minimum Gasteiger partial charge on any atom is -0.320 e. The predicted molar refractivity (Wildman–Crippen MR) is 97.6 cm³/mol. The van der Waals surface area contributed by atoms with Gasteiger partial charge in [0.2, 0.25) is 0 Å². The molecule has 3 aromatic rings. The fourth-order valence-corrected chi connectivity index (χ4v) is 3.65. The van der Waals surface area contributed by atoms with Crippen molar-refractivity contribution in [3.8, 4) is 11.3 Å². The van der Waals surface area contributed by atoms with Crippen LogP contribution in [0.25, 0.3) is 11.3 Å². The second-order valence-electron chi connectivity index (χ2n) is 5.85. The largest absolute Gasteiger partial charge is 0.325 e. The number of carbonyl (C=O) groups excluding carboxylic acids is 2. The van der Waals surface area contributed by atoms with E-state index in [0.717, 1.165) is 11.3 Å². The molecule has 0 saturated carbocycles. The van der Waals surface area contributed by atoms with Gasteiger partial charge in [0.25, 0.3) is 5.91 Å². The number of benzene rings is 1. The topological polar surface area (TPSA) is 80.1 Å². The van der Waals surface area contributed by atoms with E-state index >= 15 is 0 Å². The summed E-state index contributed by atoms with van der Waals surface area (Å²) < 4.78 is 1.59. The number of hydrogen-bond donors (Lipinski definition) is 1. The molecule has 3 amide bonds. The Morgan fingerprint density at radius 1 is 1.23 bits per heavy atom. The third-order valence-electron chi connectivity index (χ3n) is 4.04. The van der Waals surface area contributed by atoms with Crippen molar-refractivity contribution in [2.45, 2.75) is 12.6 Å².